The van der Waals surface area contributed by atoms with Gasteiger partial charge in [-0.05, 0) is 36.6 Å². The molecule has 3 rings (SSSR count). The number of ketones is 1. The van der Waals surface area contributed by atoms with E-state index >= 15 is 0 Å². The lowest BCUT2D eigenvalue weighted by Crippen LogP contribution is -2.26. The third-order valence-electron chi connectivity index (χ3n) is 3.32. The molecular weight excluding hydrogens is 230 g/mol. The van der Waals surface area contributed by atoms with Crippen molar-refractivity contribution in [1.82, 2.24) is 14.8 Å². The first-order chi connectivity index (χ1) is 8.79. The SMILES string of the molecule is COc1ccc2c(c1)CCC(n1cncn1)C2=O. The van der Waals surface area contributed by atoms with Gasteiger partial charge >= 0.3 is 0 Å². The fourth-order valence-electron chi connectivity index (χ4n) is 2.38. The van der Waals surface area contributed by atoms with Crippen LogP contribution in [0.2, 0.25) is 0 Å². The summed E-state index contributed by atoms with van der Waals surface area (Å²) >= 11 is 0. The van der Waals surface area contributed by atoms with Crippen LogP contribution in [0.25, 0.3) is 0 Å². The van der Waals surface area contributed by atoms with Gasteiger partial charge in [-0.15, -0.1) is 0 Å². The predicted octanol–water partition coefficient (Wildman–Crippen LogP) is 1.66. The number of benzene rings is 1. The molecule has 0 amide bonds. The lowest BCUT2D eigenvalue weighted by atomic mass is 9.87. The number of aryl methyl sites for hydroxylation is 1. The summed E-state index contributed by atoms with van der Waals surface area (Å²) in [5, 5.41) is 4.06. The Morgan fingerprint density at radius 2 is 2.33 bits per heavy atom. The standard InChI is InChI=1S/C13H13N3O2/c1-18-10-3-4-11-9(6-10)2-5-12(13(11)17)16-8-14-7-15-16/h3-4,6-8,12H,2,5H2,1H3. The molecule has 1 aromatic carbocycles. The van der Waals surface area contributed by atoms with Gasteiger partial charge in [0.15, 0.2) is 5.78 Å². The number of hydrogen-bond donors (Lipinski definition) is 0. The number of carbonyl (C=O) groups excluding carboxylic acids is 1. The number of rotatable bonds is 2. The Bertz CT molecular complexity index is 578. The molecule has 5 heteroatoms. The number of aromatic nitrogens is 3. The summed E-state index contributed by atoms with van der Waals surface area (Å²) in [5.41, 5.74) is 1.82. The fourth-order valence-corrected chi connectivity index (χ4v) is 2.38. The van der Waals surface area contributed by atoms with Crippen LogP contribution < -0.4 is 4.74 Å². The van der Waals surface area contributed by atoms with Gasteiger partial charge < -0.3 is 4.74 Å². The van der Waals surface area contributed by atoms with Gasteiger partial charge in [-0.2, -0.15) is 5.10 Å². The van der Waals surface area contributed by atoms with Crippen molar-refractivity contribution in [3.05, 3.63) is 42.0 Å². The number of hydrogen-bond acceptors (Lipinski definition) is 4. The smallest absolute Gasteiger partial charge is 0.187 e. The summed E-state index contributed by atoms with van der Waals surface area (Å²) in [4.78, 5) is 16.3. The van der Waals surface area contributed by atoms with Crippen LogP contribution in [0.3, 0.4) is 0 Å². The summed E-state index contributed by atoms with van der Waals surface area (Å²) in [6, 6.07) is 5.36. The second kappa shape index (κ2) is 4.25. The molecule has 2 aromatic rings. The van der Waals surface area contributed by atoms with Crippen LogP contribution in [-0.4, -0.2) is 27.7 Å². The van der Waals surface area contributed by atoms with E-state index in [4.69, 9.17) is 4.74 Å². The minimum Gasteiger partial charge on any atom is -0.497 e. The summed E-state index contributed by atoms with van der Waals surface area (Å²) in [6.07, 6.45) is 4.65. The van der Waals surface area contributed by atoms with E-state index in [-0.39, 0.29) is 11.8 Å². The molecule has 0 fully saturated rings. The fraction of sp³-hybridized carbons (Fsp3) is 0.308. The highest BCUT2D eigenvalue weighted by atomic mass is 16.5. The molecule has 1 atom stereocenters. The zero-order chi connectivity index (χ0) is 12.5. The van der Waals surface area contributed by atoms with E-state index in [1.54, 1.807) is 18.1 Å². The maximum atomic E-state index is 12.4. The van der Waals surface area contributed by atoms with Gasteiger partial charge in [-0.1, -0.05) is 0 Å². The minimum atomic E-state index is -0.228. The Kier molecular flexibility index (Phi) is 2.59. The lowest BCUT2D eigenvalue weighted by molar-refractivity contribution is 0.0899. The van der Waals surface area contributed by atoms with Gasteiger partial charge in [0, 0.05) is 5.56 Å². The molecule has 0 spiro atoms. The van der Waals surface area contributed by atoms with Crippen LogP contribution in [0.5, 0.6) is 5.75 Å². The van der Waals surface area contributed by atoms with Crippen molar-refractivity contribution in [3.8, 4) is 5.75 Å². The molecule has 1 aliphatic rings. The first-order valence-corrected chi connectivity index (χ1v) is 5.85. The Hall–Kier alpha value is -2.17. The first kappa shape index (κ1) is 11.0. The molecule has 5 nitrogen and oxygen atoms in total. The van der Waals surface area contributed by atoms with Crippen molar-refractivity contribution in [2.24, 2.45) is 0 Å². The second-order valence-electron chi connectivity index (χ2n) is 4.32. The zero-order valence-electron chi connectivity index (χ0n) is 10.0. The highest BCUT2D eigenvalue weighted by molar-refractivity contribution is 6.01. The van der Waals surface area contributed by atoms with E-state index in [0.717, 1.165) is 29.7 Å². The third kappa shape index (κ3) is 1.68. The molecule has 0 aliphatic heterocycles. The zero-order valence-corrected chi connectivity index (χ0v) is 10.0. The van der Waals surface area contributed by atoms with Gasteiger partial charge in [-0.3, -0.25) is 4.79 Å². The van der Waals surface area contributed by atoms with Crippen molar-refractivity contribution in [2.45, 2.75) is 18.9 Å². The molecule has 0 N–H and O–H groups in total. The summed E-state index contributed by atoms with van der Waals surface area (Å²) < 4.78 is 6.81. The topological polar surface area (TPSA) is 57.0 Å². The average Bonchev–Trinajstić information content (AvgIpc) is 2.92. The Labute approximate surface area is 104 Å². The normalized spacial score (nSPS) is 18.5. The highest BCUT2D eigenvalue weighted by Gasteiger charge is 2.29. The van der Waals surface area contributed by atoms with Crippen LogP contribution >= 0.6 is 0 Å². The highest BCUT2D eigenvalue weighted by Crippen LogP contribution is 2.30. The predicted molar refractivity (Wildman–Crippen MR) is 64.7 cm³/mol. The maximum absolute atomic E-state index is 12.4. The summed E-state index contributed by atoms with van der Waals surface area (Å²) in [7, 11) is 1.63. The number of nitrogens with zero attached hydrogens (tertiary/aromatic N) is 3. The number of ether oxygens (including phenoxy) is 1. The molecule has 1 heterocycles. The van der Waals surface area contributed by atoms with E-state index in [0.29, 0.717) is 0 Å². The molecular formula is C13H13N3O2. The number of carbonyl (C=O) groups is 1. The average molecular weight is 243 g/mol. The van der Waals surface area contributed by atoms with Gasteiger partial charge in [0.05, 0.1) is 7.11 Å². The minimum absolute atomic E-state index is 0.101. The molecule has 0 radical (unpaired) electrons. The molecule has 92 valence electrons. The van der Waals surface area contributed by atoms with E-state index in [2.05, 4.69) is 10.1 Å². The van der Waals surface area contributed by atoms with Gasteiger partial charge in [0.1, 0.15) is 24.4 Å². The molecule has 1 aromatic heterocycles. The monoisotopic (exact) mass is 243 g/mol. The van der Waals surface area contributed by atoms with Crippen LogP contribution in [0.1, 0.15) is 28.4 Å². The third-order valence-corrected chi connectivity index (χ3v) is 3.32. The molecule has 0 saturated carbocycles. The number of Topliss-reactive ketones (excluding diaryl/α,β-unsaturated/α-hetero) is 1. The van der Waals surface area contributed by atoms with Crippen molar-refractivity contribution in [1.29, 1.82) is 0 Å². The van der Waals surface area contributed by atoms with Crippen molar-refractivity contribution in [2.75, 3.05) is 7.11 Å². The summed E-state index contributed by atoms with van der Waals surface area (Å²) in [5.74, 6) is 0.894. The maximum Gasteiger partial charge on any atom is 0.187 e. The largest absolute Gasteiger partial charge is 0.497 e. The van der Waals surface area contributed by atoms with Crippen LogP contribution in [0.15, 0.2) is 30.9 Å². The van der Waals surface area contributed by atoms with Crippen molar-refractivity contribution < 1.29 is 9.53 Å². The number of fused-ring (bicyclic) bond motifs is 1. The van der Waals surface area contributed by atoms with Gasteiger partial charge in [0.25, 0.3) is 0 Å². The van der Waals surface area contributed by atoms with E-state index in [9.17, 15) is 4.79 Å². The lowest BCUT2D eigenvalue weighted by Gasteiger charge is -2.23. The molecule has 0 bridgehead atoms. The van der Waals surface area contributed by atoms with E-state index < -0.39 is 0 Å². The quantitative estimate of drug-likeness (QED) is 0.804. The summed E-state index contributed by atoms with van der Waals surface area (Å²) in [6.45, 7) is 0. The van der Waals surface area contributed by atoms with Crippen LogP contribution in [-0.2, 0) is 6.42 Å². The Balaban J connectivity index is 1.97. The molecule has 0 saturated heterocycles. The second-order valence-corrected chi connectivity index (χ2v) is 4.32. The Morgan fingerprint density at radius 3 is 3.06 bits per heavy atom. The van der Waals surface area contributed by atoms with Gasteiger partial charge in [-0.25, -0.2) is 9.67 Å². The molecule has 1 aliphatic carbocycles. The van der Waals surface area contributed by atoms with Crippen LogP contribution in [0.4, 0.5) is 0 Å². The van der Waals surface area contributed by atoms with Crippen molar-refractivity contribution in [3.63, 3.8) is 0 Å². The Morgan fingerprint density at radius 1 is 1.44 bits per heavy atom. The molecule has 1 unspecified atom stereocenters. The van der Waals surface area contributed by atoms with Gasteiger partial charge in [0.2, 0.25) is 0 Å². The first-order valence-electron chi connectivity index (χ1n) is 5.85. The molecule has 18 heavy (non-hydrogen) atoms. The van der Waals surface area contributed by atoms with Crippen LogP contribution in [0, 0.1) is 0 Å². The van der Waals surface area contributed by atoms with E-state index in [1.807, 2.05) is 18.2 Å². The van der Waals surface area contributed by atoms with Crippen molar-refractivity contribution >= 4 is 5.78 Å². The number of methoxy groups -OCH3 is 1. The van der Waals surface area contributed by atoms with E-state index in [1.165, 1.54) is 6.33 Å².